The number of nitrogens with zero attached hydrogens (tertiary/aromatic N) is 4. The lowest BCUT2D eigenvalue weighted by atomic mass is 10.0. The van der Waals surface area contributed by atoms with Crippen LogP contribution in [0.3, 0.4) is 0 Å². The second kappa shape index (κ2) is 10.6. The molecule has 156 valence electrons. The molecule has 0 saturated heterocycles. The number of fused-ring (bicyclic) bond motifs is 1. The van der Waals surface area contributed by atoms with Crippen molar-refractivity contribution in [2.45, 2.75) is 71.3 Å². The highest BCUT2D eigenvalue weighted by atomic mass is 32.2. The third-order valence-electron chi connectivity index (χ3n) is 4.47. The SMILES string of the molecule is CCC(CC)C(=O)NCCn1ncc2c(NCC(C)C)nc(SC(C)C)nc21. The Labute approximate surface area is 172 Å². The van der Waals surface area contributed by atoms with Gasteiger partial charge < -0.3 is 10.6 Å². The van der Waals surface area contributed by atoms with Crippen LogP contribution < -0.4 is 10.6 Å². The van der Waals surface area contributed by atoms with Gasteiger partial charge in [0, 0.05) is 24.3 Å². The van der Waals surface area contributed by atoms with Gasteiger partial charge in [0.15, 0.2) is 10.8 Å². The maximum atomic E-state index is 12.2. The summed E-state index contributed by atoms with van der Waals surface area (Å²) in [7, 11) is 0. The molecule has 0 aliphatic rings. The monoisotopic (exact) mass is 406 g/mol. The molecule has 0 spiro atoms. The predicted molar refractivity (Wildman–Crippen MR) is 117 cm³/mol. The Bertz CT molecular complexity index is 769. The number of hydrogen-bond donors (Lipinski definition) is 2. The molecule has 8 heteroatoms. The third kappa shape index (κ3) is 6.09. The lowest BCUT2D eigenvalue weighted by molar-refractivity contribution is -0.125. The molecule has 0 unspecified atom stereocenters. The summed E-state index contributed by atoms with van der Waals surface area (Å²) in [6.45, 7) is 14.7. The molecule has 28 heavy (non-hydrogen) atoms. The fourth-order valence-electron chi connectivity index (χ4n) is 2.89. The van der Waals surface area contributed by atoms with Crippen LogP contribution in [0, 0.1) is 11.8 Å². The normalized spacial score (nSPS) is 11.8. The van der Waals surface area contributed by atoms with E-state index in [2.05, 4.69) is 43.4 Å². The molecule has 0 saturated carbocycles. The van der Waals surface area contributed by atoms with E-state index in [-0.39, 0.29) is 11.8 Å². The summed E-state index contributed by atoms with van der Waals surface area (Å²) in [5.41, 5.74) is 0.807. The van der Waals surface area contributed by atoms with Gasteiger partial charge in [0.1, 0.15) is 5.82 Å². The number of carbonyl (C=O) groups is 1. The summed E-state index contributed by atoms with van der Waals surface area (Å²) in [6.07, 6.45) is 3.53. The lowest BCUT2D eigenvalue weighted by Crippen LogP contribution is -2.32. The fourth-order valence-corrected chi connectivity index (χ4v) is 3.59. The van der Waals surface area contributed by atoms with E-state index < -0.39 is 0 Å². The minimum absolute atomic E-state index is 0.0811. The number of carbonyl (C=O) groups excluding carboxylic acids is 1. The molecule has 2 rings (SSSR count). The van der Waals surface area contributed by atoms with Crippen LogP contribution >= 0.6 is 11.8 Å². The van der Waals surface area contributed by atoms with Crippen LogP contribution in [0.1, 0.15) is 54.4 Å². The van der Waals surface area contributed by atoms with Gasteiger partial charge in [-0.05, 0) is 18.8 Å². The van der Waals surface area contributed by atoms with Crippen LogP contribution in [0.25, 0.3) is 11.0 Å². The van der Waals surface area contributed by atoms with Gasteiger partial charge >= 0.3 is 0 Å². The van der Waals surface area contributed by atoms with Crippen LogP contribution in [0.2, 0.25) is 0 Å². The van der Waals surface area contributed by atoms with Crippen LogP contribution in [0.5, 0.6) is 0 Å². The van der Waals surface area contributed by atoms with Crippen LogP contribution in [0.15, 0.2) is 11.4 Å². The molecule has 2 N–H and O–H groups in total. The van der Waals surface area contributed by atoms with Crippen molar-refractivity contribution in [1.29, 1.82) is 0 Å². The summed E-state index contributed by atoms with van der Waals surface area (Å²) in [6, 6.07) is 0. The average molecular weight is 407 g/mol. The first-order chi connectivity index (χ1) is 13.3. The van der Waals surface area contributed by atoms with Crippen molar-refractivity contribution >= 4 is 34.5 Å². The lowest BCUT2D eigenvalue weighted by Gasteiger charge is -2.13. The molecule has 7 nitrogen and oxygen atoms in total. The van der Waals surface area contributed by atoms with Crippen molar-refractivity contribution in [3.8, 4) is 0 Å². The number of nitrogens with one attached hydrogen (secondary N) is 2. The van der Waals surface area contributed by atoms with E-state index in [0.717, 1.165) is 41.4 Å². The summed E-state index contributed by atoms with van der Waals surface area (Å²) >= 11 is 1.64. The second-order valence-corrected chi connectivity index (χ2v) is 9.25. The van der Waals surface area contributed by atoms with E-state index in [0.29, 0.717) is 24.3 Å². The Morgan fingerprint density at radius 2 is 1.89 bits per heavy atom. The zero-order valence-corrected chi connectivity index (χ0v) is 18.8. The van der Waals surface area contributed by atoms with Crippen LogP contribution in [-0.2, 0) is 11.3 Å². The number of rotatable bonds is 11. The standard InChI is InChI=1S/C20H34N6OS/c1-7-15(8-2)19(27)21-9-10-26-18-16(12-23-26)17(22-11-13(3)4)24-20(25-18)28-14(5)6/h12-15H,7-11H2,1-6H3,(H,21,27)(H,22,24,25). The van der Waals surface area contributed by atoms with Crippen molar-refractivity contribution in [3.05, 3.63) is 6.20 Å². The third-order valence-corrected chi connectivity index (χ3v) is 5.34. The fraction of sp³-hybridized carbons (Fsp3) is 0.700. The average Bonchev–Trinajstić information content (AvgIpc) is 3.03. The summed E-state index contributed by atoms with van der Waals surface area (Å²) in [5.74, 6) is 1.54. The molecule has 0 bridgehead atoms. The Hall–Kier alpha value is -1.83. The number of hydrogen-bond acceptors (Lipinski definition) is 6. The highest BCUT2D eigenvalue weighted by molar-refractivity contribution is 7.99. The molecular weight excluding hydrogens is 372 g/mol. The molecule has 0 atom stereocenters. The number of amides is 1. The Morgan fingerprint density at radius 1 is 1.18 bits per heavy atom. The Kier molecular flexibility index (Phi) is 8.54. The van der Waals surface area contributed by atoms with Crippen molar-refractivity contribution in [3.63, 3.8) is 0 Å². The number of aromatic nitrogens is 4. The van der Waals surface area contributed by atoms with Crippen molar-refractivity contribution in [2.75, 3.05) is 18.4 Å². The molecule has 2 aromatic rings. The summed E-state index contributed by atoms with van der Waals surface area (Å²) < 4.78 is 1.86. The molecule has 0 aliphatic heterocycles. The van der Waals surface area contributed by atoms with Crippen LogP contribution in [-0.4, -0.2) is 44.0 Å². The highest BCUT2D eigenvalue weighted by Gasteiger charge is 2.16. The van der Waals surface area contributed by atoms with Gasteiger partial charge in [-0.2, -0.15) is 5.10 Å². The molecule has 0 aromatic carbocycles. The van der Waals surface area contributed by atoms with Crippen LogP contribution in [0.4, 0.5) is 5.82 Å². The van der Waals surface area contributed by atoms with E-state index in [1.165, 1.54) is 0 Å². The first-order valence-corrected chi connectivity index (χ1v) is 11.1. The maximum Gasteiger partial charge on any atom is 0.223 e. The van der Waals surface area contributed by atoms with Crippen molar-refractivity contribution < 1.29 is 4.79 Å². The smallest absolute Gasteiger partial charge is 0.223 e. The topological polar surface area (TPSA) is 84.7 Å². The second-order valence-electron chi connectivity index (χ2n) is 7.71. The summed E-state index contributed by atoms with van der Waals surface area (Å²) in [4.78, 5) is 21.6. The molecule has 0 aliphatic carbocycles. The molecule has 2 heterocycles. The van der Waals surface area contributed by atoms with Gasteiger partial charge in [-0.25, -0.2) is 14.6 Å². The van der Waals surface area contributed by atoms with Crippen molar-refractivity contribution in [2.24, 2.45) is 11.8 Å². The molecule has 1 amide bonds. The number of thioether (sulfide) groups is 1. The first-order valence-electron chi connectivity index (χ1n) is 10.3. The van der Waals surface area contributed by atoms with E-state index in [4.69, 9.17) is 9.97 Å². The minimum Gasteiger partial charge on any atom is -0.369 e. The minimum atomic E-state index is 0.0811. The molecule has 2 aromatic heterocycles. The van der Waals surface area contributed by atoms with Gasteiger partial charge in [-0.3, -0.25) is 4.79 Å². The molecule has 0 radical (unpaired) electrons. The van der Waals surface area contributed by atoms with Gasteiger partial charge in [0.2, 0.25) is 5.91 Å². The van der Waals surface area contributed by atoms with E-state index in [1.54, 1.807) is 11.8 Å². The van der Waals surface area contributed by atoms with Gasteiger partial charge in [0.25, 0.3) is 0 Å². The number of anilines is 1. The Morgan fingerprint density at radius 3 is 2.50 bits per heavy atom. The predicted octanol–water partition coefficient (Wildman–Crippen LogP) is 3.95. The van der Waals surface area contributed by atoms with E-state index >= 15 is 0 Å². The zero-order valence-electron chi connectivity index (χ0n) is 18.0. The van der Waals surface area contributed by atoms with E-state index in [9.17, 15) is 4.79 Å². The van der Waals surface area contributed by atoms with Gasteiger partial charge in [0.05, 0.1) is 18.1 Å². The first kappa shape index (κ1) is 22.5. The largest absolute Gasteiger partial charge is 0.369 e. The van der Waals surface area contributed by atoms with E-state index in [1.807, 2.05) is 24.7 Å². The molecular formula is C20H34N6OS. The van der Waals surface area contributed by atoms with Gasteiger partial charge in [-0.1, -0.05) is 53.3 Å². The quantitative estimate of drug-likeness (QED) is 0.434. The maximum absolute atomic E-state index is 12.2. The van der Waals surface area contributed by atoms with Crippen molar-refractivity contribution in [1.82, 2.24) is 25.1 Å². The molecule has 0 fully saturated rings. The highest BCUT2D eigenvalue weighted by Crippen LogP contribution is 2.26. The zero-order chi connectivity index (χ0) is 20.7. The Balaban J connectivity index is 2.19. The summed E-state index contributed by atoms with van der Waals surface area (Å²) in [5, 5.41) is 13.0. The van der Waals surface area contributed by atoms with Gasteiger partial charge in [-0.15, -0.1) is 0 Å².